The summed E-state index contributed by atoms with van der Waals surface area (Å²) in [5.74, 6) is 1.14. The van der Waals surface area contributed by atoms with Gasteiger partial charge in [0.1, 0.15) is 0 Å². The molecule has 9 heteroatoms. The molecule has 0 aliphatic carbocycles. The van der Waals surface area contributed by atoms with Gasteiger partial charge in [-0.2, -0.15) is 0 Å². The van der Waals surface area contributed by atoms with E-state index in [0.29, 0.717) is 32.8 Å². The van der Waals surface area contributed by atoms with Crippen LogP contribution in [0.4, 0.5) is 0 Å². The number of aliphatic imine (C=N–C) groups is 1. The highest BCUT2D eigenvalue weighted by atomic mass is 127. The lowest BCUT2D eigenvalue weighted by atomic mass is 10.0. The zero-order chi connectivity index (χ0) is 23.0. The van der Waals surface area contributed by atoms with Crippen LogP contribution >= 0.6 is 24.0 Å². The largest absolute Gasteiger partial charge is 0.378 e. The molecule has 2 N–H and O–H groups in total. The Balaban J connectivity index is 0.00000385. The average Bonchev–Trinajstić information content (AvgIpc) is 2.81. The fourth-order valence-corrected chi connectivity index (χ4v) is 4.32. The van der Waals surface area contributed by atoms with Crippen molar-refractivity contribution in [3.8, 4) is 0 Å². The van der Waals surface area contributed by atoms with Crippen LogP contribution in [0.3, 0.4) is 0 Å². The Morgan fingerprint density at radius 3 is 2.30 bits per heavy atom. The van der Waals surface area contributed by atoms with Crippen molar-refractivity contribution in [1.29, 1.82) is 0 Å². The number of rotatable bonds is 7. The molecule has 2 heterocycles. The molecule has 0 radical (unpaired) electrons. The van der Waals surface area contributed by atoms with Crippen LogP contribution in [0, 0.1) is 0 Å². The lowest BCUT2D eigenvalue weighted by Crippen LogP contribution is -2.57. The van der Waals surface area contributed by atoms with Crippen molar-refractivity contribution < 1.29 is 9.53 Å². The van der Waals surface area contributed by atoms with Crippen LogP contribution in [-0.4, -0.2) is 105 Å². The summed E-state index contributed by atoms with van der Waals surface area (Å²) in [6.07, 6.45) is 0. The fraction of sp³-hybridized carbons (Fsp3) is 0.667. The van der Waals surface area contributed by atoms with Crippen molar-refractivity contribution >= 4 is 35.8 Å². The van der Waals surface area contributed by atoms with Gasteiger partial charge in [-0.3, -0.25) is 14.7 Å². The minimum Gasteiger partial charge on any atom is -0.378 e. The van der Waals surface area contributed by atoms with Gasteiger partial charge in [0.05, 0.1) is 19.8 Å². The van der Waals surface area contributed by atoms with Crippen molar-refractivity contribution in [3.63, 3.8) is 0 Å². The molecule has 2 aliphatic rings. The minimum atomic E-state index is -0.0996. The van der Waals surface area contributed by atoms with Gasteiger partial charge in [0.25, 0.3) is 0 Å². The van der Waals surface area contributed by atoms with E-state index in [1.165, 1.54) is 5.56 Å². The van der Waals surface area contributed by atoms with Crippen LogP contribution in [0.15, 0.2) is 35.3 Å². The molecule has 3 rings (SSSR count). The zero-order valence-electron chi connectivity index (χ0n) is 20.5. The number of guanidine groups is 1. The van der Waals surface area contributed by atoms with Crippen LogP contribution in [-0.2, 0) is 9.53 Å². The topological polar surface area (TPSA) is 72.4 Å². The van der Waals surface area contributed by atoms with Crippen LogP contribution in [0.2, 0.25) is 0 Å². The van der Waals surface area contributed by atoms with E-state index in [1.807, 2.05) is 18.0 Å². The number of ether oxygens (including phenoxy) is 1. The Hall–Kier alpha value is -1.43. The number of nitrogens with one attached hydrogen (secondary N) is 2. The first-order chi connectivity index (χ1) is 15.4. The highest BCUT2D eigenvalue weighted by Crippen LogP contribution is 2.16. The SMILES string of the molecule is CN=C(NCC(C)(C)NC(C)c1ccccc1)N1CCN(CC(=O)N2CCOCC2)CC1.I. The van der Waals surface area contributed by atoms with Gasteiger partial charge in [-0.25, -0.2) is 0 Å². The number of hydrogen-bond donors (Lipinski definition) is 2. The maximum atomic E-state index is 12.5. The van der Waals surface area contributed by atoms with E-state index in [1.54, 1.807) is 0 Å². The summed E-state index contributed by atoms with van der Waals surface area (Å²) in [5.41, 5.74) is 1.19. The molecule has 0 saturated carbocycles. The fourth-order valence-electron chi connectivity index (χ4n) is 4.32. The lowest BCUT2D eigenvalue weighted by molar-refractivity contribution is -0.136. The van der Waals surface area contributed by atoms with E-state index in [4.69, 9.17) is 4.74 Å². The third-order valence-corrected chi connectivity index (χ3v) is 6.20. The van der Waals surface area contributed by atoms with Gasteiger partial charge in [0.15, 0.2) is 5.96 Å². The number of carbonyl (C=O) groups excluding carboxylic acids is 1. The minimum absolute atomic E-state index is 0. The van der Waals surface area contributed by atoms with Crippen LogP contribution in [0.25, 0.3) is 0 Å². The summed E-state index contributed by atoms with van der Waals surface area (Å²) >= 11 is 0. The van der Waals surface area contributed by atoms with Gasteiger partial charge in [0, 0.05) is 64.4 Å². The molecule has 2 saturated heterocycles. The number of amides is 1. The lowest BCUT2D eigenvalue weighted by Gasteiger charge is -2.38. The van der Waals surface area contributed by atoms with Crippen molar-refractivity contribution in [2.75, 3.05) is 72.6 Å². The van der Waals surface area contributed by atoms with E-state index >= 15 is 0 Å². The highest BCUT2D eigenvalue weighted by molar-refractivity contribution is 14.0. The molecule has 1 aromatic carbocycles. The third-order valence-electron chi connectivity index (χ3n) is 6.20. The van der Waals surface area contributed by atoms with Crippen molar-refractivity contribution in [3.05, 3.63) is 35.9 Å². The molecule has 0 aromatic heterocycles. The second-order valence-electron chi connectivity index (χ2n) is 9.32. The quantitative estimate of drug-likeness (QED) is 0.295. The normalized spacial score (nSPS) is 19.1. The molecule has 1 aromatic rings. The van der Waals surface area contributed by atoms with E-state index in [2.05, 4.69) is 70.5 Å². The second kappa shape index (κ2) is 13.5. The molecule has 186 valence electrons. The number of nitrogens with zero attached hydrogens (tertiary/aromatic N) is 4. The van der Waals surface area contributed by atoms with E-state index in [-0.39, 0.29) is 41.5 Å². The second-order valence-corrected chi connectivity index (χ2v) is 9.32. The molecular weight excluding hydrogens is 531 g/mol. The molecule has 33 heavy (non-hydrogen) atoms. The van der Waals surface area contributed by atoms with Gasteiger partial charge in [-0.05, 0) is 26.3 Å². The number of carbonyl (C=O) groups is 1. The molecule has 8 nitrogen and oxygen atoms in total. The Morgan fingerprint density at radius 1 is 1.06 bits per heavy atom. The van der Waals surface area contributed by atoms with Gasteiger partial charge in [-0.1, -0.05) is 30.3 Å². The first-order valence-corrected chi connectivity index (χ1v) is 11.7. The standard InChI is InChI=1S/C24H40N6O2.HI/c1-20(21-8-6-5-7-9-21)27-24(2,3)19-26-23(25-4)30-12-10-28(11-13-30)18-22(31)29-14-16-32-17-15-29;/h5-9,20,27H,10-19H2,1-4H3,(H,25,26);1H. The van der Waals surface area contributed by atoms with Crippen molar-refractivity contribution in [1.82, 2.24) is 25.3 Å². The van der Waals surface area contributed by atoms with E-state index in [9.17, 15) is 4.79 Å². The van der Waals surface area contributed by atoms with Gasteiger partial charge >= 0.3 is 0 Å². The molecule has 2 fully saturated rings. The summed E-state index contributed by atoms with van der Waals surface area (Å²) in [6, 6.07) is 10.8. The van der Waals surface area contributed by atoms with Crippen molar-refractivity contribution in [2.24, 2.45) is 4.99 Å². The van der Waals surface area contributed by atoms with Crippen LogP contribution < -0.4 is 10.6 Å². The van der Waals surface area contributed by atoms with Crippen molar-refractivity contribution in [2.45, 2.75) is 32.4 Å². The summed E-state index contributed by atoms with van der Waals surface area (Å²) in [6.45, 7) is 14.1. The number of morpholine rings is 1. The van der Waals surface area contributed by atoms with Gasteiger partial charge in [0.2, 0.25) is 5.91 Å². The summed E-state index contributed by atoms with van der Waals surface area (Å²) in [4.78, 5) is 23.5. The Morgan fingerprint density at radius 2 is 1.70 bits per heavy atom. The first kappa shape index (κ1) is 27.8. The zero-order valence-corrected chi connectivity index (χ0v) is 22.9. The van der Waals surface area contributed by atoms with Crippen LogP contribution in [0.1, 0.15) is 32.4 Å². The Labute approximate surface area is 216 Å². The Kier molecular flexibility index (Phi) is 11.3. The molecular formula is C24H41IN6O2. The number of hydrogen-bond acceptors (Lipinski definition) is 5. The molecule has 0 spiro atoms. The van der Waals surface area contributed by atoms with Crippen LogP contribution in [0.5, 0.6) is 0 Å². The van der Waals surface area contributed by atoms with Gasteiger partial charge < -0.3 is 25.2 Å². The summed E-state index contributed by atoms with van der Waals surface area (Å²) < 4.78 is 5.34. The molecule has 2 aliphatic heterocycles. The number of benzene rings is 1. The van der Waals surface area contributed by atoms with Gasteiger partial charge in [-0.15, -0.1) is 24.0 Å². The smallest absolute Gasteiger partial charge is 0.236 e. The number of halogens is 1. The number of piperazine rings is 1. The summed E-state index contributed by atoms with van der Waals surface area (Å²) in [7, 11) is 1.84. The van der Waals surface area contributed by atoms with E-state index < -0.39 is 0 Å². The molecule has 0 bridgehead atoms. The predicted molar refractivity (Wildman–Crippen MR) is 144 cm³/mol. The summed E-state index contributed by atoms with van der Waals surface area (Å²) in [5, 5.41) is 7.27. The molecule has 1 unspecified atom stereocenters. The predicted octanol–water partition coefficient (Wildman–Crippen LogP) is 1.79. The molecule has 1 atom stereocenters. The maximum Gasteiger partial charge on any atom is 0.236 e. The highest BCUT2D eigenvalue weighted by Gasteiger charge is 2.26. The third kappa shape index (κ3) is 8.70. The maximum absolute atomic E-state index is 12.5. The Bertz CT molecular complexity index is 747. The first-order valence-electron chi connectivity index (χ1n) is 11.7. The average molecular weight is 573 g/mol. The monoisotopic (exact) mass is 572 g/mol. The molecule has 1 amide bonds. The van der Waals surface area contributed by atoms with E-state index in [0.717, 1.165) is 38.7 Å².